The molecule has 0 radical (unpaired) electrons. The van der Waals surface area contributed by atoms with Gasteiger partial charge in [0.2, 0.25) is 5.13 Å². The first-order valence-corrected chi connectivity index (χ1v) is 6.98. The first-order valence-electron chi connectivity index (χ1n) is 5.28. The van der Waals surface area contributed by atoms with Gasteiger partial charge in [-0.05, 0) is 29.5 Å². The van der Waals surface area contributed by atoms with Gasteiger partial charge >= 0.3 is 5.51 Å². The lowest BCUT2D eigenvalue weighted by molar-refractivity contribution is -0.0328. The number of nitrogens with two attached hydrogens (primary N) is 1. The maximum Gasteiger partial charge on any atom is 0.446 e. The van der Waals surface area contributed by atoms with Crippen molar-refractivity contribution in [3.63, 3.8) is 0 Å². The van der Waals surface area contributed by atoms with Gasteiger partial charge in [0.15, 0.2) is 0 Å². The Labute approximate surface area is 120 Å². The number of anilines is 2. The molecule has 2 rings (SSSR count). The Morgan fingerprint density at radius 1 is 1.30 bits per heavy atom. The minimum atomic E-state index is -4.28. The first kappa shape index (κ1) is 14.7. The van der Waals surface area contributed by atoms with Gasteiger partial charge in [0.25, 0.3) is 0 Å². The number of aromatic nitrogens is 1. The van der Waals surface area contributed by atoms with Crippen molar-refractivity contribution in [3.8, 4) is 0 Å². The summed E-state index contributed by atoms with van der Waals surface area (Å²) in [7, 11) is 0. The highest BCUT2D eigenvalue weighted by Gasteiger charge is 2.28. The molecule has 0 bridgehead atoms. The summed E-state index contributed by atoms with van der Waals surface area (Å²) in [5.74, 6) is 0.404. The summed E-state index contributed by atoms with van der Waals surface area (Å²) in [6.07, 6.45) is 1.49. The Morgan fingerprint density at radius 3 is 2.55 bits per heavy atom. The van der Waals surface area contributed by atoms with Crippen molar-refractivity contribution in [2.24, 2.45) is 5.10 Å². The molecule has 0 aliphatic rings. The molecular formula is C11H9F3N4S2. The number of halogens is 3. The second kappa shape index (κ2) is 6.14. The van der Waals surface area contributed by atoms with E-state index < -0.39 is 5.51 Å². The Hall–Kier alpha value is -1.74. The molecule has 20 heavy (non-hydrogen) atoms. The summed E-state index contributed by atoms with van der Waals surface area (Å²) in [6.45, 7) is 0. The number of alkyl halides is 3. The Morgan fingerprint density at radius 2 is 2.00 bits per heavy atom. The molecule has 106 valence electrons. The molecule has 0 aliphatic carbocycles. The van der Waals surface area contributed by atoms with Crippen LogP contribution in [0.4, 0.5) is 24.1 Å². The number of hydrazone groups is 1. The number of hydrogen-bond donors (Lipinski definition) is 2. The summed E-state index contributed by atoms with van der Waals surface area (Å²) in [5, 5.41) is 6.13. The van der Waals surface area contributed by atoms with E-state index in [0.29, 0.717) is 16.5 Å². The Kier molecular flexibility index (Phi) is 4.50. The molecule has 0 aliphatic heterocycles. The van der Waals surface area contributed by atoms with Crippen LogP contribution in [0.25, 0.3) is 0 Å². The zero-order valence-electron chi connectivity index (χ0n) is 9.89. The van der Waals surface area contributed by atoms with Crippen LogP contribution in [-0.2, 0) is 0 Å². The molecular weight excluding hydrogens is 309 g/mol. The standard InChI is InChI=1S/C11H9F3N4S2/c12-11(13,14)20-8-3-1-7(2-4-8)5-16-18-10-17-9(15)6-19-10/h1-6H,15H2,(H,17,18). The smallest absolute Gasteiger partial charge is 0.383 e. The third-order valence-electron chi connectivity index (χ3n) is 2.01. The molecule has 4 nitrogen and oxygen atoms in total. The fraction of sp³-hybridized carbons (Fsp3) is 0.0909. The highest BCUT2D eigenvalue weighted by atomic mass is 32.2. The largest absolute Gasteiger partial charge is 0.446 e. The van der Waals surface area contributed by atoms with E-state index in [1.54, 1.807) is 17.5 Å². The molecule has 1 heterocycles. The number of nitrogens with zero attached hydrogens (tertiary/aromatic N) is 2. The van der Waals surface area contributed by atoms with Gasteiger partial charge in [-0.3, -0.25) is 5.43 Å². The first-order chi connectivity index (χ1) is 9.42. The number of rotatable bonds is 4. The number of nitrogens with one attached hydrogen (secondary N) is 1. The SMILES string of the molecule is Nc1csc(NN=Cc2ccc(SC(F)(F)F)cc2)n1. The number of thiazole rings is 1. The Bertz CT molecular complexity index is 592. The molecule has 2 aromatic rings. The molecule has 0 fully saturated rings. The Balaban J connectivity index is 1.93. The molecule has 9 heteroatoms. The molecule has 0 spiro atoms. The van der Waals surface area contributed by atoms with Crippen molar-refractivity contribution < 1.29 is 13.2 Å². The van der Waals surface area contributed by atoms with E-state index in [2.05, 4.69) is 15.5 Å². The number of thioether (sulfide) groups is 1. The van der Waals surface area contributed by atoms with E-state index in [-0.39, 0.29) is 16.7 Å². The average Bonchev–Trinajstić information content (AvgIpc) is 2.75. The molecule has 3 N–H and O–H groups in total. The van der Waals surface area contributed by atoms with Crippen molar-refractivity contribution in [1.29, 1.82) is 0 Å². The zero-order valence-corrected chi connectivity index (χ0v) is 11.5. The maximum atomic E-state index is 12.1. The monoisotopic (exact) mass is 318 g/mol. The van der Waals surface area contributed by atoms with Crippen molar-refractivity contribution in [2.75, 3.05) is 11.2 Å². The predicted molar refractivity (Wildman–Crippen MR) is 76.1 cm³/mol. The zero-order chi connectivity index (χ0) is 14.6. The van der Waals surface area contributed by atoms with Gasteiger partial charge in [0, 0.05) is 10.3 Å². The van der Waals surface area contributed by atoms with Crippen LogP contribution in [0, 0.1) is 0 Å². The lowest BCUT2D eigenvalue weighted by Gasteiger charge is -2.04. The molecule has 0 saturated heterocycles. The van der Waals surface area contributed by atoms with Gasteiger partial charge in [-0.1, -0.05) is 12.1 Å². The van der Waals surface area contributed by atoms with Crippen LogP contribution in [0.1, 0.15) is 5.56 Å². The summed E-state index contributed by atoms with van der Waals surface area (Å²) >= 11 is 1.15. The van der Waals surface area contributed by atoms with Crippen LogP contribution < -0.4 is 11.2 Å². The van der Waals surface area contributed by atoms with Crippen LogP contribution in [0.2, 0.25) is 0 Å². The normalized spacial score (nSPS) is 11.9. The highest BCUT2D eigenvalue weighted by Crippen LogP contribution is 2.36. The van der Waals surface area contributed by atoms with Gasteiger partial charge in [-0.2, -0.15) is 18.3 Å². The van der Waals surface area contributed by atoms with Gasteiger partial charge in [0.05, 0.1) is 6.21 Å². The van der Waals surface area contributed by atoms with Crippen molar-refractivity contribution in [1.82, 2.24) is 4.98 Å². The second-order valence-corrected chi connectivity index (χ2v) is 5.56. The van der Waals surface area contributed by atoms with Gasteiger partial charge in [-0.15, -0.1) is 11.3 Å². The van der Waals surface area contributed by atoms with Gasteiger partial charge < -0.3 is 5.73 Å². The summed E-state index contributed by atoms with van der Waals surface area (Å²) in [4.78, 5) is 4.07. The summed E-state index contributed by atoms with van der Waals surface area (Å²) < 4.78 is 36.4. The quantitative estimate of drug-likeness (QED) is 0.511. The fourth-order valence-electron chi connectivity index (χ4n) is 1.26. The van der Waals surface area contributed by atoms with Crippen LogP contribution in [0.15, 0.2) is 39.6 Å². The van der Waals surface area contributed by atoms with Crippen LogP contribution in [0.3, 0.4) is 0 Å². The number of benzene rings is 1. The van der Waals surface area contributed by atoms with Crippen molar-refractivity contribution in [3.05, 3.63) is 35.2 Å². The van der Waals surface area contributed by atoms with Gasteiger partial charge in [0.1, 0.15) is 5.82 Å². The number of hydrogen-bond acceptors (Lipinski definition) is 6. The summed E-state index contributed by atoms with van der Waals surface area (Å²) in [6, 6.07) is 5.88. The van der Waals surface area contributed by atoms with Crippen molar-refractivity contribution >= 4 is 40.3 Å². The minimum Gasteiger partial charge on any atom is -0.383 e. The molecule has 0 amide bonds. The molecule has 1 aromatic carbocycles. The summed E-state index contributed by atoms with van der Waals surface area (Å²) in [5.41, 5.74) is 4.52. The molecule has 1 aromatic heterocycles. The van der Waals surface area contributed by atoms with Crippen molar-refractivity contribution in [2.45, 2.75) is 10.4 Å². The van der Waals surface area contributed by atoms with E-state index >= 15 is 0 Å². The maximum absolute atomic E-state index is 12.1. The van der Waals surface area contributed by atoms with Crippen LogP contribution in [-0.4, -0.2) is 16.7 Å². The van der Waals surface area contributed by atoms with Crippen LogP contribution in [0.5, 0.6) is 0 Å². The van der Waals surface area contributed by atoms with E-state index in [4.69, 9.17) is 5.73 Å². The van der Waals surface area contributed by atoms with E-state index in [1.165, 1.54) is 29.7 Å². The number of nitrogen functional groups attached to an aromatic ring is 1. The average molecular weight is 318 g/mol. The lowest BCUT2D eigenvalue weighted by atomic mass is 10.2. The highest BCUT2D eigenvalue weighted by molar-refractivity contribution is 8.00. The van der Waals surface area contributed by atoms with E-state index in [0.717, 1.165) is 0 Å². The topological polar surface area (TPSA) is 63.3 Å². The fourth-order valence-corrected chi connectivity index (χ4v) is 2.34. The van der Waals surface area contributed by atoms with E-state index in [1.807, 2.05) is 0 Å². The predicted octanol–water partition coefficient (Wildman–Crippen LogP) is 3.78. The third-order valence-corrected chi connectivity index (χ3v) is 3.51. The van der Waals surface area contributed by atoms with E-state index in [9.17, 15) is 13.2 Å². The minimum absolute atomic E-state index is 0.135. The second-order valence-electron chi connectivity index (χ2n) is 3.56. The van der Waals surface area contributed by atoms with Gasteiger partial charge in [-0.25, -0.2) is 4.98 Å². The molecule has 0 atom stereocenters. The third kappa shape index (κ3) is 4.74. The molecule has 0 unspecified atom stereocenters. The lowest BCUT2D eigenvalue weighted by Crippen LogP contribution is -1.98. The van der Waals surface area contributed by atoms with Crippen LogP contribution >= 0.6 is 23.1 Å². The molecule has 0 saturated carbocycles.